The molecule has 0 aliphatic heterocycles. The number of ether oxygens (including phenoxy) is 1. The van der Waals surface area contributed by atoms with Crippen LogP contribution in [0.4, 0.5) is 0 Å². The van der Waals surface area contributed by atoms with Crippen molar-refractivity contribution in [1.82, 2.24) is 0 Å². The van der Waals surface area contributed by atoms with E-state index in [1.165, 1.54) is 0 Å². The molecule has 1 aromatic rings. The lowest BCUT2D eigenvalue weighted by Gasteiger charge is -2.34. The molecule has 3 nitrogen and oxygen atoms in total. The minimum absolute atomic E-state index is 0.496. The lowest BCUT2D eigenvalue weighted by atomic mass is 9.87. The first kappa shape index (κ1) is 11.3. The maximum absolute atomic E-state index is 10.1. The molecule has 1 rings (SSSR count). The maximum atomic E-state index is 10.1. The molecule has 0 aromatic carbocycles. The van der Waals surface area contributed by atoms with Gasteiger partial charge < -0.3 is 14.3 Å². The highest BCUT2D eigenvalue weighted by Crippen LogP contribution is 2.34. The van der Waals surface area contributed by atoms with Crippen LogP contribution in [-0.4, -0.2) is 17.8 Å². The average Bonchev–Trinajstić information content (AvgIpc) is 2.74. The van der Waals surface area contributed by atoms with Gasteiger partial charge in [-0.1, -0.05) is 13.8 Å². The zero-order valence-electron chi connectivity index (χ0n) is 8.99. The molecule has 1 heterocycles. The monoisotopic (exact) mass is 198 g/mol. The summed E-state index contributed by atoms with van der Waals surface area (Å²) >= 11 is 0. The summed E-state index contributed by atoms with van der Waals surface area (Å²) in [7, 11) is 1.64. The van der Waals surface area contributed by atoms with Crippen molar-refractivity contribution in [1.29, 1.82) is 0 Å². The van der Waals surface area contributed by atoms with E-state index in [0.29, 0.717) is 0 Å². The van der Waals surface area contributed by atoms with E-state index in [2.05, 4.69) is 0 Å². The van der Waals surface area contributed by atoms with E-state index in [1.807, 2.05) is 13.8 Å². The van der Waals surface area contributed by atoms with Crippen molar-refractivity contribution in [2.24, 2.45) is 0 Å². The Morgan fingerprint density at radius 2 is 2.14 bits per heavy atom. The fourth-order valence-corrected chi connectivity index (χ4v) is 1.77. The highest BCUT2D eigenvalue weighted by Gasteiger charge is 2.36. The normalized spacial score (nSPS) is 14.3. The Labute approximate surface area is 84.7 Å². The first-order valence-electron chi connectivity index (χ1n) is 4.95. The third-order valence-electron chi connectivity index (χ3n) is 2.96. The van der Waals surface area contributed by atoms with Gasteiger partial charge in [-0.15, -0.1) is 0 Å². The highest BCUT2D eigenvalue weighted by atomic mass is 16.5. The van der Waals surface area contributed by atoms with Crippen molar-refractivity contribution in [2.45, 2.75) is 38.4 Å². The van der Waals surface area contributed by atoms with Crippen molar-refractivity contribution in [3.8, 4) is 0 Å². The average molecular weight is 198 g/mol. The van der Waals surface area contributed by atoms with E-state index in [0.717, 1.165) is 18.4 Å². The van der Waals surface area contributed by atoms with Crippen LogP contribution in [0, 0.1) is 0 Å². The van der Waals surface area contributed by atoms with Crippen LogP contribution in [0.15, 0.2) is 23.0 Å². The second-order valence-electron chi connectivity index (χ2n) is 3.44. The van der Waals surface area contributed by atoms with Gasteiger partial charge in [-0.25, -0.2) is 0 Å². The molecule has 1 unspecified atom stereocenters. The molecule has 0 aliphatic carbocycles. The Kier molecular flexibility index (Phi) is 3.72. The van der Waals surface area contributed by atoms with Gasteiger partial charge >= 0.3 is 0 Å². The van der Waals surface area contributed by atoms with Crippen LogP contribution in [0.25, 0.3) is 0 Å². The standard InChI is InChI=1S/C11H18O3/c1-4-11(5-2,13-3)10(12)9-6-7-14-8-9/h6-8,10,12H,4-5H2,1-3H3. The quantitative estimate of drug-likeness (QED) is 0.790. The van der Waals surface area contributed by atoms with E-state index in [4.69, 9.17) is 9.15 Å². The lowest BCUT2D eigenvalue weighted by molar-refractivity contribution is -0.110. The number of methoxy groups -OCH3 is 1. The van der Waals surface area contributed by atoms with Gasteiger partial charge in [-0.05, 0) is 18.9 Å². The molecule has 0 spiro atoms. The first-order valence-corrected chi connectivity index (χ1v) is 4.95. The van der Waals surface area contributed by atoms with Crippen LogP contribution in [0.3, 0.4) is 0 Å². The second-order valence-corrected chi connectivity index (χ2v) is 3.44. The minimum atomic E-state index is -0.624. The van der Waals surface area contributed by atoms with E-state index < -0.39 is 11.7 Å². The molecular weight excluding hydrogens is 180 g/mol. The van der Waals surface area contributed by atoms with Crippen molar-refractivity contribution >= 4 is 0 Å². The summed E-state index contributed by atoms with van der Waals surface area (Å²) in [5, 5.41) is 10.1. The lowest BCUT2D eigenvalue weighted by Crippen LogP contribution is -2.37. The first-order chi connectivity index (χ1) is 6.70. The van der Waals surface area contributed by atoms with Gasteiger partial charge in [0.15, 0.2) is 0 Å². The Morgan fingerprint density at radius 3 is 2.50 bits per heavy atom. The van der Waals surface area contributed by atoms with Crippen molar-refractivity contribution in [3.05, 3.63) is 24.2 Å². The summed E-state index contributed by atoms with van der Waals surface area (Å²) in [5.41, 5.74) is 0.278. The topological polar surface area (TPSA) is 42.6 Å². The van der Waals surface area contributed by atoms with Crippen LogP contribution in [0.5, 0.6) is 0 Å². The zero-order valence-corrected chi connectivity index (χ0v) is 8.99. The third-order valence-corrected chi connectivity index (χ3v) is 2.96. The second kappa shape index (κ2) is 4.62. The molecule has 1 aromatic heterocycles. The van der Waals surface area contributed by atoms with Gasteiger partial charge in [0.05, 0.1) is 18.1 Å². The van der Waals surface area contributed by atoms with E-state index in [1.54, 1.807) is 25.7 Å². The number of hydrogen-bond donors (Lipinski definition) is 1. The predicted molar refractivity (Wildman–Crippen MR) is 54.0 cm³/mol. The SMILES string of the molecule is CCC(CC)(OC)C(O)c1ccoc1. The highest BCUT2D eigenvalue weighted by molar-refractivity contribution is 5.14. The minimum Gasteiger partial charge on any atom is -0.472 e. The molecule has 0 saturated carbocycles. The molecule has 0 saturated heterocycles. The summed E-state index contributed by atoms with van der Waals surface area (Å²) in [5.74, 6) is 0. The van der Waals surface area contributed by atoms with Gasteiger partial charge in [0.2, 0.25) is 0 Å². The van der Waals surface area contributed by atoms with Crippen molar-refractivity contribution in [3.63, 3.8) is 0 Å². The predicted octanol–water partition coefficient (Wildman–Crippen LogP) is 2.52. The van der Waals surface area contributed by atoms with Gasteiger partial charge in [-0.2, -0.15) is 0 Å². The molecular formula is C11H18O3. The van der Waals surface area contributed by atoms with Crippen molar-refractivity contribution in [2.75, 3.05) is 7.11 Å². The van der Waals surface area contributed by atoms with Gasteiger partial charge in [0, 0.05) is 12.7 Å². The van der Waals surface area contributed by atoms with Gasteiger partial charge in [0.1, 0.15) is 6.10 Å². The van der Waals surface area contributed by atoms with Crippen LogP contribution >= 0.6 is 0 Å². The zero-order chi connectivity index (χ0) is 10.6. The van der Waals surface area contributed by atoms with E-state index >= 15 is 0 Å². The molecule has 0 fully saturated rings. The Morgan fingerprint density at radius 1 is 1.50 bits per heavy atom. The maximum Gasteiger partial charge on any atom is 0.111 e. The Balaban J connectivity index is 2.89. The Hall–Kier alpha value is -0.800. The van der Waals surface area contributed by atoms with Crippen LogP contribution < -0.4 is 0 Å². The summed E-state index contributed by atoms with van der Waals surface area (Å²) in [6, 6.07) is 1.77. The molecule has 0 radical (unpaired) electrons. The van der Waals surface area contributed by atoms with E-state index in [9.17, 15) is 5.11 Å². The third kappa shape index (κ3) is 1.83. The number of aliphatic hydroxyl groups is 1. The van der Waals surface area contributed by atoms with Gasteiger partial charge in [0.25, 0.3) is 0 Å². The van der Waals surface area contributed by atoms with Crippen LogP contribution in [0.1, 0.15) is 38.4 Å². The summed E-state index contributed by atoms with van der Waals surface area (Å²) in [6.45, 7) is 4.02. The number of furan rings is 1. The molecule has 14 heavy (non-hydrogen) atoms. The number of aliphatic hydroxyl groups excluding tert-OH is 1. The fraction of sp³-hybridized carbons (Fsp3) is 0.636. The summed E-state index contributed by atoms with van der Waals surface area (Å²) in [4.78, 5) is 0. The van der Waals surface area contributed by atoms with Gasteiger partial charge in [-0.3, -0.25) is 0 Å². The van der Waals surface area contributed by atoms with E-state index in [-0.39, 0.29) is 0 Å². The van der Waals surface area contributed by atoms with Crippen molar-refractivity contribution < 1.29 is 14.3 Å². The number of hydrogen-bond acceptors (Lipinski definition) is 3. The molecule has 1 N–H and O–H groups in total. The molecule has 0 bridgehead atoms. The van der Waals surface area contributed by atoms with Crippen LogP contribution in [-0.2, 0) is 4.74 Å². The summed E-state index contributed by atoms with van der Waals surface area (Å²) in [6.07, 6.45) is 4.04. The fourth-order valence-electron chi connectivity index (χ4n) is 1.77. The molecule has 0 aliphatic rings. The number of rotatable bonds is 5. The smallest absolute Gasteiger partial charge is 0.111 e. The largest absolute Gasteiger partial charge is 0.472 e. The molecule has 1 atom stereocenters. The Bertz CT molecular complexity index is 241. The molecule has 0 amide bonds. The molecule has 80 valence electrons. The summed E-state index contributed by atoms with van der Waals surface area (Å²) < 4.78 is 10.4. The van der Waals surface area contributed by atoms with Crippen LogP contribution in [0.2, 0.25) is 0 Å². The molecule has 3 heteroatoms.